The van der Waals surface area contributed by atoms with Crippen LogP contribution in [0.2, 0.25) is 0 Å². The van der Waals surface area contributed by atoms with Gasteiger partial charge in [-0.15, -0.1) is 11.3 Å². The monoisotopic (exact) mass is 395 g/mol. The smallest absolute Gasteiger partial charge is 0.252 e. The molecule has 1 aromatic rings. The Kier molecular flexibility index (Phi) is 5.42. The number of halogens is 1. The van der Waals surface area contributed by atoms with E-state index in [2.05, 4.69) is 15.9 Å². The second-order valence-corrected chi connectivity index (χ2v) is 9.55. The fourth-order valence-corrected chi connectivity index (χ4v) is 5.71. The Morgan fingerprint density at radius 1 is 1.38 bits per heavy atom. The van der Waals surface area contributed by atoms with Crippen LogP contribution in [0.5, 0.6) is 0 Å². The number of nitrogens with two attached hydrogens (primary N) is 1. The maximum atomic E-state index is 12.5. The van der Waals surface area contributed by atoms with Gasteiger partial charge in [-0.2, -0.15) is 4.31 Å². The molecule has 1 aromatic heterocycles. The van der Waals surface area contributed by atoms with Crippen LogP contribution < -0.4 is 5.73 Å². The lowest BCUT2D eigenvalue weighted by Crippen LogP contribution is -2.52. The molecule has 1 amide bonds. The third-order valence-electron chi connectivity index (χ3n) is 3.47. The van der Waals surface area contributed by atoms with Gasteiger partial charge in [0.05, 0.1) is 3.79 Å². The maximum Gasteiger partial charge on any atom is 0.252 e. The second-order valence-electron chi connectivity index (χ2n) is 4.92. The van der Waals surface area contributed by atoms with Gasteiger partial charge in [0.25, 0.3) is 10.0 Å². The Morgan fingerprint density at radius 2 is 2.00 bits per heavy atom. The van der Waals surface area contributed by atoms with E-state index in [0.29, 0.717) is 36.9 Å². The summed E-state index contributed by atoms with van der Waals surface area (Å²) in [5, 5.41) is 0. The number of hydrogen-bond donors (Lipinski definition) is 1. The fraction of sp³-hybridized carbons (Fsp3) is 0.583. The Morgan fingerprint density at radius 3 is 2.48 bits per heavy atom. The topological polar surface area (TPSA) is 83.7 Å². The van der Waals surface area contributed by atoms with E-state index in [-0.39, 0.29) is 11.8 Å². The molecule has 1 aliphatic heterocycles. The fourth-order valence-electron chi connectivity index (χ4n) is 2.12. The standard InChI is InChI=1S/C12H18BrN3O3S2/c1-9(8-14)12(17)15-4-6-16(7-5-15)21(18,19)11-3-2-10(13)20-11/h2-3,9H,4-8,14H2,1H3. The average molecular weight is 396 g/mol. The molecule has 0 radical (unpaired) electrons. The Balaban J connectivity index is 2.02. The summed E-state index contributed by atoms with van der Waals surface area (Å²) in [5.41, 5.74) is 5.50. The van der Waals surface area contributed by atoms with Crippen molar-refractivity contribution in [1.82, 2.24) is 9.21 Å². The summed E-state index contributed by atoms with van der Waals surface area (Å²) in [6.07, 6.45) is 0. The first kappa shape index (κ1) is 16.9. The molecule has 9 heteroatoms. The van der Waals surface area contributed by atoms with Crippen LogP contribution >= 0.6 is 27.3 Å². The lowest BCUT2D eigenvalue weighted by molar-refractivity contribution is -0.135. The van der Waals surface area contributed by atoms with E-state index in [4.69, 9.17) is 5.73 Å². The highest BCUT2D eigenvalue weighted by Gasteiger charge is 2.31. The van der Waals surface area contributed by atoms with Gasteiger partial charge >= 0.3 is 0 Å². The van der Waals surface area contributed by atoms with Crippen LogP contribution in [0.15, 0.2) is 20.1 Å². The van der Waals surface area contributed by atoms with Gasteiger partial charge in [0.2, 0.25) is 5.91 Å². The molecule has 0 aromatic carbocycles. The van der Waals surface area contributed by atoms with E-state index in [0.717, 1.165) is 3.79 Å². The number of thiophene rings is 1. The van der Waals surface area contributed by atoms with Crippen molar-refractivity contribution in [1.29, 1.82) is 0 Å². The van der Waals surface area contributed by atoms with Crippen molar-refractivity contribution in [3.63, 3.8) is 0 Å². The zero-order chi connectivity index (χ0) is 15.6. The van der Waals surface area contributed by atoms with Gasteiger partial charge in [0.15, 0.2) is 0 Å². The van der Waals surface area contributed by atoms with Gasteiger partial charge in [0.1, 0.15) is 4.21 Å². The highest BCUT2D eigenvalue weighted by atomic mass is 79.9. The van der Waals surface area contributed by atoms with Gasteiger partial charge in [-0.05, 0) is 28.1 Å². The van der Waals surface area contributed by atoms with Crippen LogP contribution in [0.3, 0.4) is 0 Å². The minimum absolute atomic E-state index is 0.00610. The lowest BCUT2D eigenvalue weighted by atomic mass is 10.1. The zero-order valence-corrected chi connectivity index (χ0v) is 14.9. The quantitative estimate of drug-likeness (QED) is 0.821. The molecule has 2 N–H and O–H groups in total. The lowest BCUT2D eigenvalue weighted by Gasteiger charge is -2.34. The second kappa shape index (κ2) is 6.74. The molecule has 1 atom stereocenters. The Bertz CT molecular complexity index is 609. The molecule has 2 heterocycles. The summed E-state index contributed by atoms with van der Waals surface area (Å²) in [4.78, 5) is 13.7. The van der Waals surface area contributed by atoms with Crippen LogP contribution in [0.4, 0.5) is 0 Å². The van der Waals surface area contributed by atoms with Crippen LogP contribution in [-0.2, 0) is 14.8 Å². The number of sulfonamides is 1. The van der Waals surface area contributed by atoms with Gasteiger partial charge in [0, 0.05) is 38.6 Å². The van der Waals surface area contributed by atoms with Crippen LogP contribution in [0.25, 0.3) is 0 Å². The summed E-state index contributed by atoms with van der Waals surface area (Å²) in [7, 11) is -3.46. The third-order valence-corrected chi connectivity index (χ3v) is 7.46. The molecule has 0 spiro atoms. The van der Waals surface area contributed by atoms with Crippen molar-refractivity contribution in [3.8, 4) is 0 Å². The molecule has 1 saturated heterocycles. The normalized spacial score (nSPS) is 18.7. The predicted molar refractivity (Wildman–Crippen MR) is 85.6 cm³/mol. The molecule has 0 bridgehead atoms. The number of hydrogen-bond acceptors (Lipinski definition) is 5. The number of amides is 1. The minimum Gasteiger partial charge on any atom is -0.340 e. The molecule has 6 nitrogen and oxygen atoms in total. The van der Waals surface area contributed by atoms with Crippen molar-refractivity contribution in [2.45, 2.75) is 11.1 Å². The first-order valence-corrected chi connectivity index (χ1v) is 9.65. The number of rotatable bonds is 4. The van der Waals surface area contributed by atoms with Crippen molar-refractivity contribution in [3.05, 3.63) is 15.9 Å². The number of piperazine rings is 1. The van der Waals surface area contributed by atoms with Crippen molar-refractivity contribution in [2.24, 2.45) is 11.7 Å². The molecule has 118 valence electrons. The molecular formula is C12H18BrN3O3S2. The number of carbonyl (C=O) groups is 1. The highest BCUT2D eigenvalue weighted by molar-refractivity contribution is 9.11. The van der Waals surface area contributed by atoms with Crippen LogP contribution in [0, 0.1) is 5.92 Å². The number of nitrogens with zero attached hydrogens (tertiary/aromatic N) is 2. The van der Waals surface area contributed by atoms with E-state index in [1.807, 2.05) is 0 Å². The summed E-state index contributed by atoms with van der Waals surface area (Å²) >= 11 is 4.47. The van der Waals surface area contributed by atoms with Gasteiger partial charge < -0.3 is 10.6 Å². The molecule has 1 aliphatic rings. The molecule has 2 rings (SSSR count). The zero-order valence-electron chi connectivity index (χ0n) is 11.7. The summed E-state index contributed by atoms with van der Waals surface area (Å²) in [6, 6.07) is 3.32. The summed E-state index contributed by atoms with van der Waals surface area (Å²) < 4.78 is 27.5. The Labute approximate surface area is 137 Å². The van der Waals surface area contributed by atoms with E-state index in [9.17, 15) is 13.2 Å². The third kappa shape index (κ3) is 3.65. The average Bonchev–Trinajstić information content (AvgIpc) is 2.93. The van der Waals surface area contributed by atoms with Crippen LogP contribution in [-0.4, -0.2) is 56.3 Å². The molecule has 0 aliphatic carbocycles. The number of carbonyl (C=O) groups excluding carboxylic acids is 1. The highest BCUT2D eigenvalue weighted by Crippen LogP contribution is 2.29. The molecule has 0 saturated carbocycles. The Hall–Kier alpha value is -0.480. The molecule has 1 fully saturated rings. The van der Waals surface area contributed by atoms with E-state index in [1.165, 1.54) is 15.6 Å². The van der Waals surface area contributed by atoms with Gasteiger partial charge in [-0.3, -0.25) is 4.79 Å². The largest absolute Gasteiger partial charge is 0.340 e. The van der Waals surface area contributed by atoms with E-state index >= 15 is 0 Å². The SMILES string of the molecule is CC(CN)C(=O)N1CCN(S(=O)(=O)c2ccc(Br)s2)CC1. The predicted octanol–water partition coefficient (Wildman–Crippen LogP) is 0.938. The molecule has 1 unspecified atom stereocenters. The molecule has 21 heavy (non-hydrogen) atoms. The van der Waals surface area contributed by atoms with Gasteiger partial charge in [-0.25, -0.2) is 8.42 Å². The summed E-state index contributed by atoms with van der Waals surface area (Å²) in [6.45, 7) is 3.56. The minimum atomic E-state index is -3.46. The van der Waals surface area contributed by atoms with Crippen molar-refractivity contribution in [2.75, 3.05) is 32.7 Å². The van der Waals surface area contributed by atoms with Crippen molar-refractivity contribution >= 4 is 43.2 Å². The van der Waals surface area contributed by atoms with E-state index in [1.54, 1.807) is 24.0 Å². The van der Waals surface area contributed by atoms with E-state index < -0.39 is 10.0 Å². The van der Waals surface area contributed by atoms with Crippen LogP contribution in [0.1, 0.15) is 6.92 Å². The first-order chi connectivity index (χ1) is 9.86. The summed E-state index contributed by atoms with van der Waals surface area (Å²) in [5.74, 6) is -0.227. The van der Waals surface area contributed by atoms with Gasteiger partial charge in [-0.1, -0.05) is 6.92 Å². The maximum absolute atomic E-state index is 12.5. The first-order valence-electron chi connectivity index (χ1n) is 6.60. The van der Waals surface area contributed by atoms with Crippen molar-refractivity contribution < 1.29 is 13.2 Å². The molecular weight excluding hydrogens is 378 g/mol.